The Morgan fingerprint density at radius 2 is 1.73 bits per heavy atom. The van der Waals surface area contributed by atoms with Gasteiger partial charge in [-0.3, -0.25) is 4.79 Å². The van der Waals surface area contributed by atoms with Crippen LogP contribution in [-0.4, -0.2) is 11.2 Å². The molecule has 1 N–H and O–H groups in total. The molecule has 2 aromatic carbocycles. The van der Waals surface area contributed by atoms with Crippen molar-refractivity contribution in [2.45, 2.75) is 23.5 Å². The monoisotopic (exact) mass is 325 g/mol. The van der Waals surface area contributed by atoms with Crippen molar-refractivity contribution in [3.63, 3.8) is 0 Å². The minimum atomic E-state index is -0.696. The highest BCUT2D eigenvalue weighted by Crippen LogP contribution is 2.29. The van der Waals surface area contributed by atoms with Crippen molar-refractivity contribution in [2.24, 2.45) is 0 Å². The summed E-state index contributed by atoms with van der Waals surface area (Å²) in [5, 5.41) is 2.11. The SMILES string of the molecule is CCC(Sc1ccc(F)cc1F)C(=O)Nc1ccc(F)cc1. The summed E-state index contributed by atoms with van der Waals surface area (Å²) in [7, 11) is 0. The molecule has 6 heteroatoms. The Bertz CT molecular complexity index is 661. The second-order valence-electron chi connectivity index (χ2n) is 4.59. The van der Waals surface area contributed by atoms with Gasteiger partial charge >= 0.3 is 0 Å². The first kappa shape index (κ1) is 16.4. The first-order valence-corrected chi connectivity index (χ1v) is 7.55. The molecule has 0 radical (unpaired) electrons. The molecule has 0 heterocycles. The van der Waals surface area contributed by atoms with E-state index in [-0.39, 0.29) is 10.8 Å². The molecule has 0 aliphatic carbocycles. The molecule has 2 rings (SSSR count). The molecular weight excluding hydrogens is 311 g/mol. The number of rotatable bonds is 5. The van der Waals surface area contributed by atoms with E-state index in [4.69, 9.17) is 0 Å². The average molecular weight is 325 g/mol. The molecule has 0 aromatic heterocycles. The second kappa shape index (κ2) is 7.35. The average Bonchev–Trinajstić information content (AvgIpc) is 2.49. The van der Waals surface area contributed by atoms with Gasteiger partial charge in [0.2, 0.25) is 5.91 Å². The van der Waals surface area contributed by atoms with Crippen molar-refractivity contribution in [2.75, 3.05) is 5.32 Å². The smallest absolute Gasteiger partial charge is 0.237 e. The van der Waals surface area contributed by atoms with Gasteiger partial charge in [-0.15, -0.1) is 11.8 Å². The number of carbonyl (C=O) groups excluding carboxylic acids is 1. The highest BCUT2D eigenvalue weighted by molar-refractivity contribution is 8.00. The van der Waals surface area contributed by atoms with Crippen molar-refractivity contribution in [1.82, 2.24) is 0 Å². The fourth-order valence-corrected chi connectivity index (χ4v) is 2.76. The van der Waals surface area contributed by atoms with Crippen LogP contribution < -0.4 is 5.32 Å². The molecule has 2 aromatic rings. The van der Waals surface area contributed by atoms with E-state index in [1.165, 1.54) is 30.3 Å². The third-order valence-electron chi connectivity index (χ3n) is 2.94. The lowest BCUT2D eigenvalue weighted by Crippen LogP contribution is -2.24. The number of hydrogen-bond acceptors (Lipinski definition) is 2. The highest BCUT2D eigenvalue weighted by atomic mass is 32.2. The van der Waals surface area contributed by atoms with Gasteiger partial charge in [-0.1, -0.05) is 6.92 Å². The Hall–Kier alpha value is -1.95. The van der Waals surface area contributed by atoms with Gasteiger partial charge in [0.25, 0.3) is 0 Å². The van der Waals surface area contributed by atoms with Crippen molar-refractivity contribution >= 4 is 23.4 Å². The predicted octanol–water partition coefficient (Wildman–Crippen LogP) is 4.61. The third kappa shape index (κ3) is 4.27. The highest BCUT2D eigenvalue weighted by Gasteiger charge is 2.20. The number of halogens is 3. The summed E-state index contributed by atoms with van der Waals surface area (Å²) in [5.74, 6) is -2.07. The van der Waals surface area contributed by atoms with Crippen molar-refractivity contribution in [3.05, 3.63) is 59.9 Å². The quantitative estimate of drug-likeness (QED) is 0.813. The van der Waals surface area contributed by atoms with Crippen molar-refractivity contribution < 1.29 is 18.0 Å². The van der Waals surface area contributed by atoms with Gasteiger partial charge in [-0.25, -0.2) is 13.2 Å². The summed E-state index contributed by atoms with van der Waals surface area (Å²) < 4.78 is 39.4. The molecule has 116 valence electrons. The topological polar surface area (TPSA) is 29.1 Å². The number of nitrogens with one attached hydrogen (secondary N) is 1. The standard InChI is InChI=1S/C16H14F3NOS/c1-2-14(22-15-8-5-11(18)9-13(15)19)16(21)20-12-6-3-10(17)4-7-12/h3-9,14H,2H2,1H3,(H,20,21). The van der Waals surface area contributed by atoms with E-state index in [1.807, 2.05) is 0 Å². The van der Waals surface area contributed by atoms with Crippen LogP contribution in [0.1, 0.15) is 13.3 Å². The lowest BCUT2D eigenvalue weighted by Gasteiger charge is -2.15. The Labute approximate surface area is 130 Å². The molecule has 0 aliphatic heterocycles. The maximum Gasteiger partial charge on any atom is 0.237 e. The van der Waals surface area contributed by atoms with Crippen LogP contribution in [0.25, 0.3) is 0 Å². The summed E-state index contributed by atoms with van der Waals surface area (Å²) in [4.78, 5) is 12.4. The summed E-state index contributed by atoms with van der Waals surface area (Å²) in [6, 6.07) is 8.62. The number of benzene rings is 2. The molecule has 22 heavy (non-hydrogen) atoms. The van der Waals surface area contributed by atoms with Crippen LogP contribution in [0.4, 0.5) is 18.9 Å². The molecule has 0 saturated carbocycles. The van der Waals surface area contributed by atoms with Crippen LogP contribution in [0, 0.1) is 17.5 Å². The Morgan fingerprint density at radius 3 is 2.32 bits per heavy atom. The summed E-state index contributed by atoms with van der Waals surface area (Å²) in [6.07, 6.45) is 0.467. The molecule has 1 atom stereocenters. The molecule has 1 unspecified atom stereocenters. The molecule has 2 nitrogen and oxygen atoms in total. The normalized spacial score (nSPS) is 12.0. The fourth-order valence-electron chi connectivity index (χ4n) is 1.80. The Kier molecular flexibility index (Phi) is 5.49. The molecular formula is C16H14F3NOS. The van der Waals surface area contributed by atoms with Crippen molar-refractivity contribution in [1.29, 1.82) is 0 Å². The number of carbonyl (C=O) groups is 1. The predicted molar refractivity (Wildman–Crippen MR) is 81.3 cm³/mol. The van der Waals surface area contributed by atoms with Gasteiger partial charge in [-0.05, 0) is 42.8 Å². The van der Waals surface area contributed by atoms with Crippen LogP contribution in [0.3, 0.4) is 0 Å². The molecule has 0 fully saturated rings. The van der Waals surface area contributed by atoms with E-state index in [2.05, 4.69) is 5.32 Å². The fraction of sp³-hybridized carbons (Fsp3) is 0.188. The second-order valence-corrected chi connectivity index (χ2v) is 5.83. The molecule has 0 bridgehead atoms. The van der Waals surface area contributed by atoms with E-state index >= 15 is 0 Å². The molecule has 1 amide bonds. The van der Waals surface area contributed by atoms with Crippen LogP contribution >= 0.6 is 11.8 Å². The molecule has 0 saturated heterocycles. The van der Waals surface area contributed by atoms with E-state index in [0.717, 1.165) is 23.9 Å². The van der Waals surface area contributed by atoms with E-state index in [1.54, 1.807) is 6.92 Å². The van der Waals surface area contributed by atoms with Crippen molar-refractivity contribution in [3.8, 4) is 0 Å². The minimum Gasteiger partial charge on any atom is -0.325 e. The Morgan fingerprint density at radius 1 is 1.09 bits per heavy atom. The van der Waals surface area contributed by atoms with E-state index in [9.17, 15) is 18.0 Å². The maximum atomic E-state index is 13.6. The maximum absolute atomic E-state index is 13.6. The summed E-state index contributed by atoms with van der Waals surface area (Å²) in [5.41, 5.74) is 0.463. The van der Waals surface area contributed by atoms with Crippen LogP contribution in [-0.2, 0) is 4.79 Å². The van der Waals surface area contributed by atoms with Crippen LogP contribution in [0.5, 0.6) is 0 Å². The van der Waals surface area contributed by atoms with Gasteiger partial charge in [0.1, 0.15) is 17.5 Å². The first-order valence-electron chi connectivity index (χ1n) is 6.67. The summed E-state index contributed by atoms with van der Waals surface area (Å²) in [6.45, 7) is 1.79. The number of amides is 1. The lowest BCUT2D eigenvalue weighted by atomic mass is 10.2. The Balaban J connectivity index is 2.07. The minimum absolute atomic E-state index is 0.211. The zero-order valence-corrected chi connectivity index (χ0v) is 12.6. The van der Waals surface area contributed by atoms with Crippen LogP contribution in [0.15, 0.2) is 47.4 Å². The lowest BCUT2D eigenvalue weighted by molar-refractivity contribution is -0.115. The van der Waals surface area contributed by atoms with Crippen LogP contribution in [0.2, 0.25) is 0 Å². The van der Waals surface area contributed by atoms with Gasteiger partial charge in [0.05, 0.1) is 5.25 Å². The third-order valence-corrected chi connectivity index (χ3v) is 4.36. The number of anilines is 1. The number of hydrogen-bond donors (Lipinski definition) is 1. The largest absolute Gasteiger partial charge is 0.325 e. The number of thioether (sulfide) groups is 1. The van der Waals surface area contributed by atoms with E-state index in [0.29, 0.717) is 12.1 Å². The van der Waals surface area contributed by atoms with Gasteiger partial charge < -0.3 is 5.32 Å². The van der Waals surface area contributed by atoms with E-state index < -0.39 is 22.7 Å². The first-order chi connectivity index (χ1) is 10.5. The zero-order chi connectivity index (χ0) is 16.1. The molecule has 0 aliphatic rings. The van der Waals surface area contributed by atoms with Gasteiger partial charge in [0.15, 0.2) is 0 Å². The summed E-state index contributed by atoms with van der Waals surface area (Å²) >= 11 is 1.03. The zero-order valence-electron chi connectivity index (χ0n) is 11.8. The van der Waals surface area contributed by atoms with Gasteiger partial charge in [-0.2, -0.15) is 0 Å². The van der Waals surface area contributed by atoms with Gasteiger partial charge in [0, 0.05) is 16.6 Å². The molecule has 0 spiro atoms.